The Hall–Kier alpha value is -2.68. The molecular weight excluding hydrogens is 480 g/mol. The van der Waals surface area contributed by atoms with Gasteiger partial charge in [-0.3, -0.25) is 29.0 Å². The molecule has 32 heavy (non-hydrogen) atoms. The number of methoxy groups -OCH3 is 1. The molecule has 0 bridgehead atoms. The maximum absolute atomic E-state index is 13.2. The summed E-state index contributed by atoms with van der Waals surface area (Å²) in [6.45, 7) is 0. The van der Waals surface area contributed by atoms with Crippen LogP contribution in [0.15, 0.2) is 28.3 Å². The highest BCUT2D eigenvalue weighted by atomic mass is 79.9. The number of benzene rings is 1. The van der Waals surface area contributed by atoms with E-state index in [9.17, 15) is 24.3 Å². The number of carbonyl (C=O) groups is 4. The number of aromatic hydroxyl groups is 1. The Morgan fingerprint density at radius 2 is 1.56 bits per heavy atom. The summed E-state index contributed by atoms with van der Waals surface area (Å²) in [5.41, 5.74) is 1.64. The molecule has 3 fully saturated rings. The van der Waals surface area contributed by atoms with Gasteiger partial charge in [-0.25, -0.2) is 0 Å². The van der Waals surface area contributed by atoms with E-state index in [0.717, 1.165) is 11.1 Å². The highest BCUT2D eigenvalue weighted by molar-refractivity contribution is 9.10. The van der Waals surface area contributed by atoms with Gasteiger partial charge >= 0.3 is 0 Å². The van der Waals surface area contributed by atoms with Crippen LogP contribution >= 0.6 is 15.9 Å². The largest absolute Gasteiger partial charge is 0.503 e. The highest BCUT2D eigenvalue weighted by Crippen LogP contribution is 2.58. The summed E-state index contributed by atoms with van der Waals surface area (Å²) in [5, 5.41) is 10.3. The fourth-order valence-electron chi connectivity index (χ4n) is 6.21. The van der Waals surface area contributed by atoms with E-state index in [1.54, 1.807) is 12.1 Å². The molecular formula is C23H23BrN2O6. The lowest BCUT2D eigenvalue weighted by Gasteiger charge is -2.44. The minimum Gasteiger partial charge on any atom is -0.503 e. The first-order valence-electron chi connectivity index (χ1n) is 10.6. The van der Waals surface area contributed by atoms with Gasteiger partial charge in [0.25, 0.3) is 0 Å². The van der Waals surface area contributed by atoms with Gasteiger partial charge in [-0.05, 0) is 52.4 Å². The van der Waals surface area contributed by atoms with Gasteiger partial charge in [0.05, 0.1) is 35.3 Å². The molecule has 168 valence electrons. The number of halogens is 1. The molecule has 1 saturated carbocycles. The van der Waals surface area contributed by atoms with Gasteiger partial charge in [0.2, 0.25) is 23.6 Å². The van der Waals surface area contributed by atoms with E-state index in [0.29, 0.717) is 17.3 Å². The van der Waals surface area contributed by atoms with E-state index in [1.807, 2.05) is 6.08 Å². The van der Waals surface area contributed by atoms with Gasteiger partial charge in [-0.2, -0.15) is 0 Å². The quantitative estimate of drug-likeness (QED) is 0.490. The maximum Gasteiger partial charge on any atom is 0.233 e. The van der Waals surface area contributed by atoms with Crippen LogP contribution in [0.5, 0.6) is 11.5 Å². The second-order valence-electron chi connectivity index (χ2n) is 9.05. The number of nitrogens with zero attached hydrogens (tertiary/aromatic N) is 2. The number of fused-ring (bicyclic) bond motifs is 4. The van der Waals surface area contributed by atoms with Gasteiger partial charge in [0.1, 0.15) is 0 Å². The molecule has 1 aromatic rings. The van der Waals surface area contributed by atoms with Crippen molar-refractivity contribution in [2.45, 2.75) is 18.8 Å². The Morgan fingerprint density at radius 1 is 0.938 bits per heavy atom. The molecule has 0 aromatic heterocycles. The SMILES string of the molecule is COc1cc([C@H]2C3=CC[C@@H]4C(=O)N(C)C(=O)[C@@H]4[C@@H]3C[C@H]3C(=O)N(C)C(=O)[C@@H]23)cc(Br)c1O. The van der Waals surface area contributed by atoms with Gasteiger partial charge in [-0.1, -0.05) is 11.6 Å². The molecule has 2 heterocycles. The summed E-state index contributed by atoms with van der Waals surface area (Å²) in [6.07, 6.45) is 2.78. The first kappa shape index (κ1) is 21.2. The topological polar surface area (TPSA) is 104 Å². The van der Waals surface area contributed by atoms with E-state index < -0.39 is 29.6 Å². The van der Waals surface area contributed by atoms with Crippen LogP contribution in [0.1, 0.15) is 24.3 Å². The first-order chi connectivity index (χ1) is 15.2. The predicted octanol–water partition coefficient (Wildman–Crippen LogP) is 2.06. The smallest absolute Gasteiger partial charge is 0.233 e. The fourth-order valence-corrected chi connectivity index (χ4v) is 6.67. The first-order valence-corrected chi connectivity index (χ1v) is 11.4. The summed E-state index contributed by atoms with van der Waals surface area (Å²) >= 11 is 3.36. The lowest BCUT2D eigenvalue weighted by molar-refractivity contribution is -0.140. The number of imide groups is 2. The maximum atomic E-state index is 13.2. The molecule has 8 nitrogen and oxygen atoms in total. The van der Waals surface area contributed by atoms with E-state index in [1.165, 1.54) is 31.0 Å². The van der Waals surface area contributed by atoms with Crippen LogP contribution < -0.4 is 4.74 Å². The van der Waals surface area contributed by atoms with Crippen LogP contribution in [-0.4, -0.2) is 59.7 Å². The van der Waals surface area contributed by atoms with Crippen LogP contribution in [0, 0.1) is 29.6 Å². The van der Waals surface area contributed by atoms with Gasteiger partial charge in [0.15, 0.2) is 11.5 Å². The molecule has 0 unspecified atom stereocenters. The molecule has 1 N–H and O–H groups in total. The number of phenolic OH excluding ortho intramolecular Hbond substituents is 1. The zero-order valence-electron chi connectivity index (χ0n) is 17.9. The molecule has 1 aromatic carbocycles. The number of phenols is 1. The molecule has 4 aliphatic rings. The van der Waals surface area contributed by atoms with Crippen molar-refractivity contribution >= 4 is 39.6 Å². The third kappa shape index (κ3) is 2.66. The van der Waals surface area contributed by atoms with Crippen molar-refractivity contribution in [3.8, 4) is 11.5 Å². The second kappa shape index (κ2) is 7.16. The van der Waals surface area contributed by atoms with Crippen LogP contribution in [0.25, 0.3) is 0 Å². The molecule has 2 aliphatic heterocycles. The summed E-state index contributed by atoms with van der Waals surface area (Å²) in [5.74, 6) is -3.58. The Bertz CT molecular complexity index is 1110. The van der Waals surface area contributed by atoms with Crippen LogP contribution in [0.2, 0.25) is 0 Å². The summed E-state index contributed by atoms with van der Waals surface area (Å²) in [4.78, 5) is 54.2. The third-order valence-electron chi connectivity index (χ3n) is 7.72. The highest BCUT2D eigenvalue weighted by Gasteiger charge is 2.61. The average Bonchev–Trinajstić information content (AvgIpc) is 3.14. The summed E-state index contributed by atoms with van der Waals surface area (Å²) in [7, 11) is 4.44. The average molecular weight is 503 g/mol. The van der Waals surface area contributed by atoms with Gasteiger partial charge < -0.3 is 9.84 Å². The third-order valence-corrected chi connectivity index (χ3v) is 8.32. The molecule has 0 radical (unpaired) electrons. The van der Waals surface area contributed by atoms with Gasteiger partial charge in [-0.15, -0.1) is 0 Å². The van der Waals surface area contributed by atoms with E-state index >= 15 is 0 Å². The number of rotatable bonds is 2. The predicted molar refractivity (Wildman–Crippen MR) is 115 cm³/mol. The van der Waals surface area contributed by atoms with E-state index in [4.69, 9.17) is 4.74 Å². The standard InChI is InChI=1S/C23H23BrN2O6/c1-25-20(28)11-5-4-10-12(17(11)22(25)30)8-13-18(23(31)26(2)21(13)29)16(10)9-6-14(24)19(27)15(7-9)32-3/h4,6-7,11-13,16-18,27H,5,8H2,1-3H3/t11-,12+,13+,16-,17-,18+/m0/s1. The molecule has 0 spiro atoms. The van der Waals surface area contributed by atoms with Crippen molar-refractivity contribution in [3.05, 3.63) is 33.8 Å². The van der Waals surface area contributed by atoms with Crippen molar-refractivity contribution in [1.82, 2.24) is 9.80 Å². The zero-order chi connectivity index (χ0) is 23.1. The molecule has 9 heteroatoms. The van der Waals surface area contributed by atoms with E-state index in [2.05, 4.69) is 15.9 Å². The van der Waals surface area contributed by atoms with Crippen molar-refractivity contribution in [2.24, 2.45) is 29.6 Å². The van der Waals surface area contributed by atoms with Crippen LogP contribution in [0.4, 0.5) is 0 Å². The second-order valence-corrected chi connectivity index (χ2v) is 9.90. The normalized spacial score (nSPS) is 33.8. The van der Waals surface area contributed by atoms with Crippen molar-refractivity contribution in [1.29, 1.82) is 0 Å². The van der Waals surface area contributed by atoms with Crippen molar-refractivity contribution in [2.75, 3.05) is 21.2 Å². The Morgan fingerprint density at radius 3 is 2.22 bits per heavy atom. The molecule has 6 atom stereocenters. The molecule has 4 amide bonds. The van der Waals surface area contributed by atoms with Gasteiger partial charge in [0, 0.05) is 20.0 Å². The number of ether oxygens (including phenoxy) is 1. The summed E-state index contributed by atoms with van der Waals surface area (Å²) in [6, 6.07) is 3.42. The minimum absolute atomic E-state index is 0.0537. The number of hydrogen-bond acceptors (Lipinski definition) is 6. The summed E-state index contributed by atoms with van der Waals surface area (Å²) < 4.78 is 5.73. The van der Waals surface area contributed by atoms with Crippen LogP contribution in [-0.2, 0) is 19.2 Å². The molecule has 2 saturated heterocycles. The number of amides is 4. The Balaban J connectivity index is 1.69. The Kier molecular flexibility index (Phi) is 4.74. The number of allylic oxidation sites excluding steroid dienone is 2. The fraction of sp³-hybridized carbons (Fsp3) is 0.478. The molecule has 2 aliphatic carbocycles. The Labute approximate surface area is 193 Å². The number of carbonyl (C=O) groups excluding carboxylic acids is 4. The van der Waals surface area contributed by atoms with Crippen molar-refractivity contribution < 1.29 is 29.0 Å². The monoisotopic (exact) mass is 502 g/mol. The van der Waals surface area contributed by atoms with E-state index in [-0.39, 0.29) is 41.0 Å². The lowest BCUT2D eigenvalue weighted by atomic mass is 9.57. The van der Waals surface area contributed by atoms with Crippen LogP contribution in [0.3, 0.4) is 0 Å². The number of hydrogen-bond donors (Lipinski definition) is 1. The number of likely N-dealkylation sites (tertiary alicyclic amines) is 2. The minimum atomic E-state index is -0.599. The molecule has 5 rings (SSSR count). The van der Waals surface area contributed by atoms with Crippen molar-refractivity contribution in [3.63, 3.8) is 0 Å². The zero-order valence-corrected chi connectivity index (χ0v) is 19.5. The lowest BCUT2D eigenvalue weighted by Crippen LogP contribution is -2.42.